The molecule has 0 aliphatic rings. The largest absolute Gasteiger partial charge is 0.493 e. The van der Waals surface area contributed by atoms with E-state index in [-0.39, 0.29) is 5.82 Å². The van der Waals surface area contributed by atoms with Gasteiger partial charge in [-0.3, -0.25) is 5.10 Å². The molecular formula is C18H18FN3OS. The van der Waals surface area contributed by atoms with E-state index in [1.165, 1.54) is 29.0 Å². The smallest absolute Gasteiger partial charge is 0.208 e. The minimum atomic E-state index is -0.316. The van der Waals surface area contributed by atoms with Crippen molar-refractivity contribution in [2.45, 2.75) is 19.0 Å². The number of halogens is 1. The van der Waals surface area contributed by atoms with Crippen molar-refractivity contribution in [1.29, 1.82) is 0 Å². The van der Waals surface area contributed by atoms with Gasteiger partial charge in [-0.05, 0) is 49.2 Å². The van der Waals surface area contributed by atoms with Crippen molar-refractivity contribution in [1.82, 2.24) is 15.2 Å². The van der Waals surface area contributed by atoms with Gasteiger partial charge in [0, 0.05) is 5.75 Å². The summed E-state index contributed by atoms with van der Waals surface area (Å²) < 4.78 is 19.5. The number of hydrogen-bond acceptors (Lipinski definition) is 4. The zero-order valence-electron chi connectivity index (χ0n) is 13.5. The van der Waals surface area contributed by atoms with E-state index in [1.54, 1.807) is 18.2 Å². The van der Waals surface area contributed by atoms with Crippen molar-refractivity contribution >= 4 is 11.8 Å². The van der Waals surface area contributed by atoms with Crippen LogP contribution in [0.15, 0.2) is 47.6 Å². The molecule has 0 amide bonds. The SMILES string of the molecule is Cc1cc(C)cc(OCCSc2n[nH]c(-c3ccccc3F)n2)c1. The van der Waals surface area contributed by atoms with E-state index in [2.05, 4.69) is 21.2 Å². The van der Waals surface area contributed by atoms with Crippen molar-refractivity contribution < 1.29 is 9.13 Å². The summed E-state index contributed by atoms with van der Waals surface area (Å²) in [5, 5.41) is 7.47. The summed E-state index contributed by atoms with van der Waals surface area (Å²) in [5.74, 6) is 1.70. The summed E-state index contributed by atoms with van der Waals surface area (Å²) in [6, 6.07) is 12.6. The number of H-pyrrole nitrogens is 1. The molecule has 0 spiro atoms. The van der Waals surface area contributed by atoms with Crippen molar-refractivity contribution in [3.05, 3.63) is 59.4 Å². The molecule has 0 radical (unpaired) electrons. The van der Waals surface area contributed by atoms with E-state index < -0.39 is 0 Å². The summed E-state index contributed by atoms with van der Waals surface area (Å²) >= 11 is 1.47. The fourth-order valence-electron chi connectivity index (χ4n) is 2.39. The summed E-state index contributed by atoms with van der Waals surface area (Å²) in [4.78, 5) is 4.31. The fourth-order valence-corrected chi connectivity index (χ4v) is 3.01. The molecule has 2 aromatic carbocycles. The van der Waals surface area contributed by atoms with Crippen LogP contribution in [-0.4, -0.2) is 27.5 Å². The summed E-state index contributed by atoms with van der Waals surface area (Å²) in [6.45, 7) is 4.65. The van der Waals surface area contributed by atoms with Crippen molar-refractivity contribution in [2.24, 2.45) is 0 Å². The van der Waals surface area contributed by atoms with Crippen LogP contribution in [0.3, 0.4) is 0 Å². The second-order valence-corrected chi connectivity index (χ2v) is 6.53. The number of nitrogens with one attached hydrogen (secondary N) is 1. The zero-order chi connectivity index (χ0) is 16.9. The molecule has 24 heavy (non-hydrogen) atoms. The molecule has 1 N–H and O–H groups in total. The number of ether oxygens (including phenoxy) is 1. The van der Waals surface area contributed by atoms with E-state index in [0.717, 1.165) is 5.75 Å². The molecule has 0 bridgehead atoms. The first-order valence-corrected chi connectivity index (χ1v) is 8.61. The zero-order valence-corrected chi connectivity index (χ0v) is 14.4. The predicted octanol–water partition coefficient (Wildman–Crippen LogP) is 4.40. The molecule has 0 aliphatic heterocycles. The summed E-state index contributed by atoms with van der Waals surface area (Å²) in [6.07, 6.45) is 0. The lowest BCUT2D eigenvalue weighted by molar-refractivity contribution is 0.343. The Morgan fingerprint density at radius 3 is 2.62 bits per heavy atom. The van der Waals surface area contributed by atoms with E-state index in [4.69, 9.17) is 4.74 Å². The van der Waals surface area contributed by atoms with Crippen LogP contribution in [-0.2, 0) is 0 Å². The second kappa shape index (κ2) is 7.49. The molecule has 0 aliphatic carbocycles. The third-order valence-corrected chi connectivity index (χ3v) is 4.18. The summed E-state index contributed by atoms with van der Waals surface area (Å²) in [5.41, 5.74) is 2.78. The molecule has 3 rings (SSSR count). The Bertz CT molecular complexity index is 814. The van der Waals surface area contributed by atoms with Gasteiger partial charge in [-0.15, -0.1) is 5.10 Å². The van der Waals surface area contributed by atoms with Crippen LogP contribution >= 0.6 is 11.8 Å². The van der Waals surface area contributed by atoms with Gasteiger partial charge in [0.25, 0.3) is 0 Å². The maximum Gasteiger partial charge on any atom is 0.208 e. The molecule has 1 heterocycles. The average Bonchev–Trinajstić information content (AvgIpc) is 3.00. The van der Waals surface area contributed by atoms with Gasteiger partial charge in [-0.2, -0.15) is 0 Å². The first-order chi connectivity index (χ1) is 11.6. The van der Waals surface area contributed by atoms with Crippen LogP contribution in [0.25, 0.3) is 11.4 Å². The lowest BCUT2D eigenvalue weighted by Crippen LogP contribution is -2.00. The quantitative estimate of drug-likeness (QED) is 0.532. The van der Waals surface area contributed by atoms with Gasteiger partial charge in [0.2, 0.25) is 5.16 Å². The van der Waals surface area contributed by atoms with Crippen LogP contribution in [0.4, 0.5) is 4.39 Å². The molecule has 4 nitrogen and oxygen atoms in total. The molecule has 3 aromatic rings. The molecule has 0 saturated carbocycles. The highest BCUT2D eigenvalue weighted by Gasteiger charge is 2.10. The van der Waals surface area contributed by atoms with Gasteiger partial charge < -0.3 is 4.74 Å². The predicted molar refractivity (Wildman–Crippen MR) is 93.9 cm³/mol. The normalized spacial score (nSPS) is 10.8. The van der Waals surface area contributed by atoms with Crippen LogP contribution in [0.1, 0.15) is 11.1 Å². The van der Waals surface area contributed by atoms with Crippen LogP contribution in [0.2, 0.25) is 0 Å². The monoisotopic (exact) mass is 343 g/mol. The topological polar surface area (TPSA) is 50.8 Å². The van der Waals surface area contributed by atoms with Gasteiger partial charge >= 0.3 is 0 Å². The van der Waals surface area contributed by atoms with Gasteiger partial charge in [0.1, 0.15) is 11.6 Å². The Hall–Kier alpha value is -2.34. The Labute approximate surface area is 144 Å². The first-order valence-electron chi connectivity index (χ1n) is 7.63. The maximum atomic E-state index is 13.7. The Kier molecular flexibility index (Phi) is 5.15. The lowest BCUT2D eigenvalue weighted by atomic mass is 10.1. The Morgan fingerprint density at radius 1 is 1.12 bits per heavy atom. The Morgan fingerprint density at radius 2 is 1.88 bits per heavy atom. The third kappa shape index (κ3) is 4.14. The minimum absolute atomic E-state index is 0.316. The Balaban J connectivity index is 1.53. The number of aromatic amines is 1. The number of nitrogens with zero attached hydrogens (tertiary/aromatic N) is 2. The molecular weight excluding hydrogens is 325 g/mol. The highest BCUT2D eigenvalue weighted by Crippen LogP contribution is 2.22. The molecule has 0 saturated heterocycles. The number of aromatic nitrogens is 3. The van der Waals surface area contributed by atoms with Gasteiger partial charge in [0.15, 0.2) is 5.82 Å². The highest BCUT2D eigenvalue weighted by atomic mass is 32.2. The van der Waals surface area contributed by atoms with Crippen molar-refractivity contribution in [3.63, 3.8) is 0 Å². The molecule has 6 heteroatoms. The third-order valence-electron chi connectivity index (χ3n) is 3.37. The molecule has 124 valence electrons. The standard InChI is InChI=1S/C18H18FN3OS/c1-12-9-13(2)11-14(10-12)23-7-8-24-18-20-17(21-22-18)15-5-3-4-6-16(15)19/h3-6,9-11H,7-8H2,1-2H3,(H,20,21,22). The molecule has 1 aromatic heterocycles. The average molecular weight is 343 g/mol. The molecule has 0 unspecified atom stereocenters. The van der Waals surface area contributed by atoms with Crippen LogP contribution < -0.4 is 4.74 Å². The second-order valence-electron chi connectivity index (χ2n) is 5.47. The maximum absolute atomic E-state index is 13.7. The minimum Gasteiger partial charge on any atom is -0.493 e. The van der Waals surface area contributed by atoms with Gasteiger partial charge in [-0.1, -0.05) is 30.0 Å². The number of hydrogen-bond donors (Lipinski definition) is 1. The highest BCUT2D eigenvalue weighted by molar-refractivity contribution is 7.99. The van der Waals surface area contributed by atoms with Crippen LogP contribution in [0.5, 0.6) is 5.75 Å². The number of rotatable bonds is 6. The van der Waals surface area contributed by atoms with Gasteiger partial charge in [-0.25, -0.2) is 9.37 Å². The van der Waals surface area contributed by atoms with E-state index in [0.29, 0.717) is 28.9 Å². The van der Waals surface area contributed by atoms with E-state index in [9.17, 15) is 4.39 Å². The first kappa shape index (κ1) is 16.5. The van der Waals surface area contributed by atoms with Crippen molar-refractivity contribution in [2.75, 3.05) is 12.4 Å². The van der Waals surface area contributed by atoms with Crippen molar-refractivity contribution in [3.8, 4) is 17.1 Å². The van der Waals surface area contributed by atoms with Crippen LogP contribution in [0, 0.1) is 19.7 Å². The number of benzene rings is 2. The molecule has 0 fully saturated rings. The lowest BCUT2D eigenvalue weighted by Gasteiger charge is -2.07. The number of thioether (sulfide) groups is 1. The number of aryl methyl sites for hydroxylation is 2. The fraction of sp³-hybridized carbons (Fsp3) is 0.222. The van der Waals surface area contributed by atoms with Gasteiger partial charge in [0.05, 0.1) is 12.2 Å². The summed E-state index contributed by atoms with van der Waals surface area (Å²) in [7, 11) is 0. The van der Waals surface area contributed by atoms with E-state index in [1.807, 2.05) is 26.0 Å². The van der Waals surface area contributed by atoms with E-state index >= 15 is 0 Å². The molecule has 0 atom stereocenters.